The van der Waals surface area contributed by atoms with Crippen molar-refractivity contribution in [3.8, 4) is 17.2 Å². The van der Waals surface area contributed by atoms with Crippen molar-refractivity contribution < 1.29 is 4.79 Å². The van der Waals surface area contributed by atoms with E-state index in [0.29, 0.717) is 21.3 Å². The molecule has 1 saturated carbocycles. The molecule has 1 aliphatic carbocycles. The van der Waals surface area contributed by atoms with E-state index in [9.17, 15) is 4.79 Å². The molecule has 0 aromatic heterocycles. The number of carbonyl (C=O) groups excluding carboxylic acids is 1. The van der Waals surface area contributed by atoms with E-state index < -0.39 is 0 Å². The standard InChI is InChI=1S/C14H11N.C9H19N.C8H7Cl2NO.C2H6/c1-11-5-7-13(8-6-11)14-4-2-3-12(9-14)10-15;1-8-4-6-9(7-5-8)10(2)3;1-5(12)11-8-3-6(9)2-7(10)4-8;1-2/h2-9H,1H3;8-9H,4-7H2,1-3H3;2-4H,1H3,(H,11,12);1-2H3. The molecule has 3 aromatic carbocycles. The first-order valence-electron chi connectivity index (χ1n) is 13.5. The van der Waals surface area contributed by atoms with E-state index in [4.69, 9.17) is 28.5 Å². The summed E-state index contributed by atoms with van der Waals surface area (Å²) in [4.78, 5) is 13.0. The molecule has 1 amide bonds. The predicted octanol–water partition coefficient (Wildman–Crippen LogP) is 9.64. The summed E-state index contributed by atoms with van der Waals surface area (Å²) >= 11 is 11.4. The van der Waals surface area contributed by atoms with E-state index in [2.05, 4.69) is 68.5 Å². The van der Waals surface area contributed by atoms with E-state index in [0.717, 1.165) is 23.1 Å². The first-order valence-corrected chi connectivity index (χ1v) is 14.3. The number of amides is 1. The molecule has 4 nitrogen and oxygen atoms in total. The van der Waals surface area contributed by atoms with Crippen LogP contribution in [0.15, 0.2) is 66.7 Å². The molecule has 210 valence electrons. The van der Waals surface area contributed by atoms with E-state index in [1.807, 2.05) is 38.1 Å². The number of hydrogen-bond donors (Lipinski definition) is 1. The van der Waals surface area contributed by atoms with Crippen molar-refractivity contribution in [1.82, 2.24) is 4.90 Å². The summed E-state index contributed by atoms with van der Waals surface area (Å²) < 4.78 is 0. The smallest absolute Gasteiger partial charge is 0.221 e. The Morgan fingerprint density at radius 2 is 1.46 bits per heavy atom. The molecule has 1 N–H and O–H groups in total. The highest BCUT2D eigenvalue weighted by atomic mass is 35.5. The van der Waals surface area contributed by atoms with Crippen molar-refractivity contribution in [2.45, 2.75) is 66.3 Å². The third-order valence-electron chi connectivity index (χ3n) is 6.28. The van der Waals surface area contributed by atoms with Crippen LogP contribution in [-0.2, 0) is 4.79 Å². The quantitative estimate of drug-likeness (QED) is 0.342. The molecule has 0 spiro atoms. The molecule has 4 rings (SSSR count). The number of rotatable bonds is 3. The Morgan fingerprint density at radius 3 is 1.95 bits per heavy atom. The first-order chi connectivity index (χ1) is 18.6. The molecule has 0 atom stereocenters. The Morgan fingerprint density at radius 1 is 0.897 bits per heavy atom. The molecule has 1 aliphatic rings. The number of benzene rings is 3. The Kier molecular flexibility index (Phi) is 16.2. The van der Waals surface area contributed by atoms with Gasteiger partial charge >= 0.3 is 0 Å². The lowest BCUT2D eigenvalue weighted by atomic mass is 9.87. The lowest BCUT2D eigenvalue weighted by molar-refractivity contribution is -0.114. The molecular formula is C33H43Cl2N3O. The number of nitrogens with one attached hydrogen (secondary N) is 1. The topological polar surface area (TPSA) is 56.1 Å². The van der Waals surface area contributed by atoms with Gasteiger partial charge in [-0.05, 0) is 94.1 Å². The Balaban J connectivity index is 0.000000289. The van der Waals surface area contributed by atoms with Gasteiger partial charge in [-0.15, -0.1) is 0 Å². The van der Waals surface area contributed by atoms with Crippen LogP contribution in [0.25, 0.3) is 11.1 Å². The van der Waals surface area contributed by atoms with Crippen LogP contribution in [0.2, 0.25) is 10.0 Å². The van der Waals surface area contributed by atoms with Gasteiger partial charge in [0.15, 0.2) is 0 Å². The van der Waals surface area contributed by atoms with Crippen LogP contribution < -0.4 is 5.32 Å². The minimum Gasteiger partial charge on any atom is -0.326 e. The summed E-state index contributed by atoms with van der Waals surface area (Å²) in [6.45, 7) is 9.86. The fraction of sp³-hybridized carbons (Fsp3) is 0.394. The molecule has 3 aromatic rings. The highest BCUT2D eigenvalue weighted by Crippen LogP contribution is 2.25. The number of nitriles is 1. The minimum atomic E-state index is -0.145. The van der Waals surface area contributed by atoms with Crippen LogP contribution in [0.4, 0.5) is 5.69 Å². The molecule has 0 bridgehead atoms. The van der Waals surface area contributed by atoms with Crippen molar-refractivity contribution in [1.29, 1.82) is 5.26 Å². The number of aryl methyl sites for hydroxylation is 1. The highest BCUT2D eigenvalue weighted by molar-refractivity contribution is 6.35. The second-order valence-corrected chi connectivity index (χ2v) is 10.6. The van der Waals surface area contributed by atoms with Crippen molar-refractivity contribution in [3.63, 3.8) is 0 Å². The second kappa shape index (κ2) is 18.4. The zero-order valence-corrected chi connectivity index (χ0v) is 25.9. The van der Waals surface area contributed by atoms with E-state index in [1.165, 1.54) is 38.2 Å². The summed E-state index contributed by atoms with van der Waals surface area (Å²) in [6.07, 6.45) is 5.69. The second-order valence-electron chi connectivity index (χ2n) is 9.78. The zero-order chi connectivity index (χ0) is 29.4. The Hall–Kier alpha value is -2.84. The lowest BCUT2D eigenvalue weighted by Crippen LogP contribution is -2.31. The van der Waals surface area contributed by atoms with Crippen molar-refractivity contribution in [2.24, 2.45) is 5.92 Å². The van der Waals surface area contributed by atoms with Gasteiger partial charge in [0.1, 0.15) is 0 Å². The molecule has 0 heterocycles. The maximum Gasteiger partial charge on any atom is 0.221 e. The fourth-order valence-corrected chi connectivity index (χ4v) is 4.63. The van der Waals surface area contributed by atoms with Gasteiger partial charge < -0.3 is 10.2 Å². The summed E-state index contributed by atoms with van der Waals surface area (Å²) in [7, 11) is 4.39. The van der Waals surface area contributed by atoms with E-state index in [-0.39, 0.29) is 5.91 Å². The van der Waals surface area contributed by atoms with Gasteiger partial charge in [0.05, 0.1) is 11.6 Å². The molecule has 39 heavy (non-hydrogen) atoms. The van der Waals surface area contributed by atoms with Gasteiger partial charge in [-0.1, -0.05) is 85.9 Å². The zero-order valence-electron chi connectivity index (χ0n) is 24.4. The lowest BCUT2D eigenvalue weighted by Gasteiger charge is -2.30. The van der Waals surface area contributed by atoms with Gasteiger partial charge in [-0.3, -0.25) is 4.79 Å². The van der Waals surface area contributed by atoms with Crippen LogP contribution in [-0.4, -0.2) is 30.9 Å². The Labute approximate surface area is 246 Å². The third-order valence-corrected chi connectivity index (χ3v) is 6.71. The molecule has 0 aliphatic heterocycles. The number of hydrogen-bond acceptors (Lipinski definition) is 3. The molecular weight excluding hydrogens is 525 g/mol. The van der Waals surface area contributed by atoms with Crippen LogP contribution >= 0.6 is 23.2 Å². The maximum atomic E-state index is 10.6. The van der Waals surface area contributed by atoms with Gasteiger partial charge in [0.2, 0.25) is 5.91 Å². The number of carbonyl (C=O) groups is 1. The fourth-order valence-electron chi connectivity index (χ4n) is 4.10. The van der Waals surface area contributed by atoms with Crippen molar-refractivity contribution in [3.05, 3.63) is 87.9 Å². The third kappa shape index (κ3) is 13.7. The number of anilines is 1. The summed E-state index contributed by atoms with van der Waals surface area (Å²) in [6, 6.07) is 23.9. The average molecular weight is 569 g/mol. The van der Waals surface area contributed by atoms with E-state index >= 15 is 0 Å². The van der Waals surface area contributed by atoms with Gasteiger partial charge in [-0.25, -0.2) is 0 Å². The molecule has 6 heteroatoms. The molecule has 1 fully saturated rings. The summed E-state index contributed by atoms with van der Waals surface area (Å²) in [5, 5.41) is 12.4. The van der Waals surface area contributed by atoms with Gasteiger partial charge in [0, 0.05) is 28.7 Å². The number of nitrogens with zero attached hydrogens (tertiary/aromatic N) is 2. The van der Waals surface area contributed by atoms with Gasteiger partial charge in [-0.2, -0.15) is 5.26 Å². The minimum absolute atomic E-state index is 0.145. The monoisotopic (exact) mass is 567 g/mol. The predicted molar refractivity (Wildman–Crippen MR) is 169 cm³/mol. The van der Waals surface area contributed by atoms with Crippen molar-refractivity contribution in [2.75, 3.05) is 19.4 Å². The molecule has 0 unspecified atom stereocenters. The first kappa shape index (κ1) is 34.2. The average Bonchev–Trinajstić information content (AvgIpc) is 2.90. The van der Waals surface area contributed by atoms with Crippen LogP contribution in [0.1, 0.15) is 64.5 Å². The normalized spacial score (nSPS) is 15.7. The highest BCUT2D eigenvalue weighted by Gasteiger charge is 2.18. The largest absolute Gasteiger partial charge is 0.326 e. The molecule has 0 radical (unpaired) electrons. The SMILES string of the molecule is CC.CC(=O)Nc1cc(Cl)cc(Cl)c1.CC1CCC(N(C)C)CC1.Cc1ccc(-c2cccc(C#N)c2)cc1. The van der Waals surface area contributed by atoms with Gasteiger partial charge in [0.25, 0.3) is 0 Å². The molecule has 0 saturated heterocycles. The summed E-state index contributed by atoms with van der Waals surface area (Å²) in [5.41, 5.74) is 4.80. The van der Waals surface area contributed by atoms with Crippen LogP contribution in [0, 0.1) is 24.2 Å². The van der Waals surface area contributed by atoms with Crippen molar-refractivity contribution >= 4 is 34.8 Å². The maximum absolute atomic E-state index is 10.6. The number of halogens is 2. The van der Waals surface area contributed by atoms with Crippen LogP contribution in [0.5, 0.6) is 0 Å². The van der Waals surface area contributed by atoms with E-state index in [1.54, 1.807) is 18.2 Å². The summed E-state index contributed by atoms with van der Waals surface area (Å²) in [5.74, 6) is 0.838. The van der Waals surface area contributed by atoms with Crippen LogP contribution in [0.3, 0.4) is 0 Å². The Bertz CT molecular complexity index is 1160.